The molecule has 1 saturated heterocycles. The van der Waals surface area contributed by atoms with Gasteiger partial charge in [0.2, 0.25) is 5.91 Å². The Bertz CT molecular complexity index is 815. The molecule has 2 amide bonds. The number of carbonyl (C=O) groups excluding carboxylic acids is 2. The minimum absolute atomic E-state index is 0.0254. The third-order valence-electron chi connectivity index (χ3n) is 4.93. The number of carbonyl (C=O) groups is 2. The molecule has 1 fully saturated rings. The predicted molar refractivity (Wildman–Crippen MR) is 114 cm³/mol. The molecule has 0 spiro atoms. The van der Waals surface area contributed by atoms with E-state index >= 15 is 0 Å². The number of unbranched alkanes of at least 4 members (excludes halogenated alkanes) is 1. The number of para-hydroxylation sites is 2. The zero-order valence-corrected chi connectivity index (χ0v) is 16.9. The van der Waals surface area contributed by atoms with E-state index in [1.165, 1.54) is 0 Å². The van der Waals surface area contributed by atoms with Crippen LogP contribution in [0.15, 0.2) is 48.5 Å². The SMILES string of the molecule is CCCCC(=O)Nc1ccccc1N1CCN(C(=O)c2ccc(Cl)cc2)CC1. The maximum atomic E-state index is 12.7. The van der Waals surface area contributed by atoms with Gasteiger partial charge in [-0.1, -0.05) is 37.1 Å². The van der Waals surface area contributed by atoms with Crippen molar-refractivity contribution in [1.29, 1.82) is 0 Å². The van der Waals surface area contributed by atoms with Crippen molar-refractivity contribution in [3.63, 3.8) is 0 Å². The van der Waals surface area contributed by atoms with Crippen molar-refractivity contribution in [2.45, 2.75) is 26.2 Å². The van der Waals surface area contributed by atoms with Crippen LogP contribution in [0, 0.1) is 0 Å². The average molecular weight is 400 g/mol. The molecule has 5 nitrogen and oxygen atoms in total. The zero-order valence-electron chi connectivity index (χ0n) is 16.2. The number of anilines is 2. The molecule has 1 heterocycles. The number of amides is 2. The van der Waals surface area contributed by atoms with E-state index in [0.717, 1.165) is 37.3 Å². The summed E-state index contributed by atoms with van der Waals surface area (Å²) in [4.78, 5) is 28.9. The van der Waals surface area contributed by atoms with Gasteiger partial charge in [-0.3, -0.25) is 9.59 Å². The van der Waals surface area contributed by atoms with Gasteiger partial charge in [0.05, 0.1) is 11.4 Å². The van der Waals surface area contributed by atoms with Crippen molar-refractivity contribution in [2.24, 2.45) is 0 Å². The first-order valence-electron chi connectivity index (χ1n) is 9.77. The van der Waals surface area contributed by atoms with E-state index in [1.54, 1.807) is 24.3 Å². The lowest BCUT2D eigenvalue weighted by Gasteiger charge is -2.37. The molecule has 28 heavy (non-hydrogen) atoms. The molecule has 0 aliphatic carbocycles. The highest BCUT2D eigenvalue weighted by Crippen LogP contribution is 2.27. The number of hydrogen-bond donors (Lipinski definition) is 1. The summed E-state index contributed by atoms with van der Waals surface area (Å²) in [6.07, 6.45) is 2.42. The Morgan fingerprint density at radius 2 is 1.68 bits per heavy atom. The van der Waals surface area contributed by atoms with E-state index in [2.05, 4.69) is 17.1 Å². The molecule has 1 aliphatic rings. The zero-order chi connectivity index (χ0) is 19.9. The summed E-state index contributed by atoms with van der Waals surface area (Å²) in [7, 11) is 0. The van der Waals surface area contributed by atoms with Crippen LogP contribution in [0.1, 0.15) is 36.5 Å². The standard InChI is InChI=1S/C22H26ClN3O2/c1-2-3-8-21(27)24-19-6-4-5-7-20(19)25-13-15-26(16-14-25)22(28)17-9-11-18(23)12-10-17/h4-7,9-12H,2-3,8,13-16H2,1H3,(H,24,27). The third kappa shape index (κ3) is 5.04. The smallest absolute Gasteiger partial charge is 0.253 e. The van der Waals surface area contributed by atoms with Crippen LogP contribution in [0.25, 0.3) is 0 Å². The van der Waals surface area contributed by atoms with Crippen LogP contribution in [-0.4, -0.2) is 42.9 Å². The Balaban J connectivity index is 1.62. The molecule has 1 N–H and O–H groups in total. The maximum Gasteiger partial charge on any atom is 0.253 e. The fourth-order valence-corrected chi connectivity index (χ4v) is 3.46. The third-order valence-corrected chi connectivity index (χ3v) is 5.19. The Morgan fingerprint density at radius 3 is 2.36 bits per heavy atom. The Kier molecular flexibility index (Phi) is 6.93. The Morgan fingerprint density at radius 1 is 1.00 bits per heavy atom. The lowest BCUT2D eigenvalue weighted by molar-refractivity contribution is -0.116. The minimum Gasteiger partial charge on any atom is -0.366 e. The van der Waals surface area contributed by atoms with E-state index in [1.807, 2.05) is 29.2 Å². The van der Waals surface area contributed by atoms with Gasteiger partial charge < -0.3 is 15.1 Å². The molecule has 6 heteroatoms. The van der Waals surface area contributed by atoms with E-state index < -0.39 is 0 Å². The number of rotatable bonds is 6. The molecule has 2 aromatic carbocycles. The molecule has 1 aliphatic heterocycles. The average Bonchev–Trinajstić information content (AvgIpc) is 2.73. The van der Waals surface area contributed by atoms with Gasteiger partial charge in [-0.2, -0.15) is 0 Å². The van der Waals surface area contributed by atoms with Crippen LogP contribution < -0.4 is 10.2 Å². The molecule has 0 aromatic heterocycles. The summed E-state index contributed by atoms with van der Waals surface area (Å²) in [5.74, 6) is 0.0725. The number of piperazine rings is 1. The number of nitrogens with one attached hydrogen (secondary N) is 1. The number of hydrogen-bond acceptors (Lipinski definition) is 3. The first-order valence-corrected chi connectivity index (χ1v) is 10.1. The number of benzene rings is 2. The summed E-state index contributed by atoms with van der Waals surface area (Å²) in [6.45, 7) is 4.80. The highest BCUT2D eigenvalue weighted by Gasteiger charge is 2.23. The molecule has 0 atom stereocenters. The normalized spacial score (nSPS) is 14.1. The fourth-order valence-electron chi connectivity index (χ4n) is 3.33. The summed E-state index contributed by atoms with van der Waals surface area (Å²) < 4.78 is 0. The van der Waals surface area contributed by atoms with Crippen molar-refractivity contribution in [2.75, 3.05) is 36.4 Å². The highest BCUT2D eigenvalue weighted by molar-refractivity contribution is 6.30. The molecule has 0 bridgehead atoms. The van der Waals surface area contributed by atoms with E-state index in [4.69, 9.17) is 11.6 Å². The van der Waals surface area contributed by atoms with Gasteiger partial charge in [-0.15, -0.1) is 0 Å². The van der Waals surface area contributed by atoms with Gasteiger partial charge >= 0.3 is 0 Å². The van der Waals surface area contributed by atoms with Gasteiger partial charge in [0.15, 0.2) is 0 Å². The lowest BCUT2D eigenvalue weighted by Crippen LogP contribution is -2.49. The van der Waals surface area contributed by atoms with Crippen LogP contribution in [0.5, 0.6) is 0 Å². The molecule has 0 radical (unpaired) electrons. The van der Waals surface area contributed by atoms with E-state index in [9.17, 15) is 9.59 Å². The van der Waals surface area contributed by atoms with Gasteiger partial charge in [0.1, 0.15) is 0 Å². The largest absolute Gasteiger partial charge is 0.366 e. The fraction of sp³-hybridized carbons (Fsp3) is 0.364. The van der Waals surface area contributed by atoms with Gasteiger partial charge in [0, 0.05) is 43.2 Å². The van der Waals surface area contributed by atoms with Crippen molar-refractivity contribution >= 4 is 34.8 Å². The van der Waals surface area contributed by atoms with Crippen molar-refractivity contribution in [3.05, 3.63) is 59.1 Å². The number of nitrogens with zero attached hydrogens (tertiary/aromatic N) is 2. The van der Waals surface area contributed by atoms with Crippen LogP contribution >= 0.6 is 11.6 Å². The van der Waals surface area contributed by atoms with E-state index in [0.29, 0.717) is 30.1 Å². The van der Waals surface area contributed by atoms with E-state index in [-0.39, 0.29) is 11.8 Å². The lowest BCUT2D eigenvalue weighted by atomic mass is 10.1. The van der Waals surface area contributed by atoms with Crippen LogP contribution in [-0.2, 0) is 4.79 Å². The second kappa shape index (κ2) is 9.60. The molecule has 0 saturated carbocycles. The second-order valence-corrected chi connectivity index (χ2v) is 7.39. The highest BCUT2D eigenvalue weighted by atomic mass is 35.5. The molecule has 148 valence electrons. The van der Waals surface area contributed by atoms with Crippen LogP contribution in [0.4, 0.5) is 11.4 Å². The Labute approximate surface area is 171 Å². The quantitative estimate of drug-likeness (QED) is 0.781. The van der Waals surface area contributed by atoms with Gasteiger partial charge in [-0.05, 0) is 42.8 Å². The molecule has 2 aromatic rings. The summed E-state index contributed by atoms with van der Waals surface area (Å²) in [6, 6.07) is 14.9. The minimum atomic E-state index is 0.0254. The number of halogens is 1. The first-order chi connectivity index (χ1) is 13.6. The molecule has 0 unspecified atom stereocenters. The summed E-state index contributed by atoms with van der Waals surface area (Å²) >= 11 is 5.91. The second-order valence-electron chi connectivity index (χ2n) is 6.96. The van der Waals surface area contributed by atoms with Crippen LogP contribution in [0.2, 0.25) is 5.02 Å². The summed E-state index contributed by atoms with van der Waals surface area (Å²) in [5, 5.41) is 3.66. The molecular weight excluding hydrogens is 374 g/mol. The molecular formula is C22H26ClN3O2. The van der Waals surface area contributed by atoms with Crippen LogP contribution in [0.3, 0.4) is 0 Å². The summed E-state index contributed by atoms with van der Waals surface area (Å²) in [5.41, 5.74) is 2.49. The maximum absolute atomic E-state index is 12.7. The van der Waals surface area contributed by atoms with Gasteiger partial charge in [-0.25, -0.2) is 0 Å². The van der Waals surface area contributed by atoms with Gasteiger partial charge in [0.25, 0.3) is 5.91 Å². The van der Waals surface area contributed by atoms with Crippen molar-refractivity contribution < 1.29 is 9.59 Å². The first kappa shape index (κ1) is 20.2. The predicted octanol–water partition coefficient (Wildman–Crippen LogP) is 4.43. The monoisotopic (exact) mass is 399 g/mol. The Hall–Kier alpha value is -2.53. The molecule has 3 rings (SSSR count). The topological polar surface area (TPSA) is 52.7 Å². The van der Waals surface area contributed by atoms with Crippen molar-refractivity contribution in [3.8, 4) is 0 Å². The van der Waals surface area contributed by atoms with Crippen molar-refractivity contribution in [1.82, 2.24) is 4.90 Å².